The number of amides is 1. The lowest BCUT2D eigenvalue weighted by molar-refractivity contribution is -0.140. The number of fused-ring (bicyclic) bond motifs is 1. The summed E-state index contributed by atoms with van der Waals surface area (Å²) in [7, 11) is -4.00. The van der Waals surface area contributed by atoms with Crippen molar-refractivity contribution in [2.24, 2.45) is 0 Å². The number of rotatable bonds is 5. The second kappa shape index (κ2) is 7.59. The number of hydrogen-bond acceptors (Lipinski definition) is 5. The molecule has 1 amide bonds. The van der Waals surface area contributed by atoms with Gasteiger partial charge in [-0.15, -0.1) is 0 Å². The van der Waals surface area contributed by atoms with Crippen LogP contribution < -0.4 is 10.3 Å². The number of carbonyl (C=O) groups excluding carboxylic acids is 1. The summed E-state index contributed by atoms with van der Waals surface area (Å²) in [5.41, 5.74) is -3.74. The molecule has 0 unspecified atom stereocenters. The van der Waals surface area contributed by atoms with E-state index in [9.17, 15) is 31.2 Å². The highest BCUT2D eigenvalue weighted by Gasteiger charge is 2.38. The minimum atomic E-state index is -4.84. The molecule has 0 spiro atoms. The zero-order valence-electron chi connectivity index (χ0n) is 15.9. The van der Waals surface area contributed by atoms with Gasteiger partial charge in [0.1, 0.15) is 11.3 Å². The van der Waals surface area contributed by atoms with Gasteiger partial charge in [0, 0.05) is 0 Å². The fourth-order valence-corrected chi connectivity index (χ4v) is 4.06. The Labute approximate surface area is 168 Å². The van der Waals surface area contributed by atoms with E-state index in [1.165, 1.54) is 31.2 Å². The molecule has 0 aliphatic rings. The third-order valence-electron chi connectivity index (χ3n) is 4.26. The van der Waals surface area contributed by atoms with Gasteiger partial charge in [-0.1, -0.05) is 37.3 Å². The van der Waals surface area contributed by atoms with Gasteiger partial charge in [-0.05, 0) is 18.9 Å². The number of benzene rings is 1. The lowest BCUT2D eigenvalue weighted by atomic mass is 10.1. The van der Waals surface area contributed by atoms with Crippen molar-refractivity contribution < 1.29 is 26.4 Å². The summed E-state index contributed by atoms with van der Waals surface area (Å²) in [5, 5.41) is 1.97. The van der Waals surface area contributed by atoms with E-state index < -0.39 is 38.9 Å². The number of sulfonamides is 1. The Hall–Kier alpha value is -3.15. The Morgan fingerprint density at radius 2 is 1.87 bits per heavy atom. The molecule has 12 heteroatoms. The van der Waals surface area contributed by atoms with Gasteiger partial charge in [-0.3, -0.25) is 14.7 Å². The van der Waals surface area contributed by atoms with Crippen molar-refractivity contribution in [3.63, 3.8) is 0 Å². The van der Waals surface area contributed by atoms with Crippen LogP contribution in [0.1, 0.15) is 35.1 Å². The second-order valence-electron chi connectivity index (χ2n) is 6.51. The largest absolute Gasteiger partial charge is 0.433 e. The second-order valence-corrected chi connectivity index (χ2v) is 8.35. The topological polar surface area (TPSA) is 113 Å². The van der Waals surface area contributed by atoms with Crippen LogP contribution in [0.4, 0.5) is 13.2 Å². The molecule has 3 aromatic rings. The lowest BCUT2D eigenvalue weighted by Crippen LogP contribution is -2.37. The van der Waals surface area contributed by atoms with E-state index >= 15 is 0 Å². The zero-order valence-corrected chi connectivity index (χ0v) is 16.7. The first-order valence-electron chi connectivity index (χ1n) is 8.79. The van der Waals surface area contributed by atoms with Crippen LogP contribution in [-0.4, -0.2) is 34.7 Å². The molecule has 0 atom stereocenters. The molecule has 0 aliphatic carbocycles. The van der Waals surface area contributed by atoms with Crippen LogP contribution in [0.15, 0.2) is 35.1 Å². The fourth-order valence-electron chi connectivity index (χ4n) is 3.04. The van der Waals surface area contributed by atoms with Crippen molar-refractivity contribution in [1.29, 1.82) is 0 Å². The number of alkyl halides is 3. The van der Waals surface area contributed by atoms with Gasteiger partial charge in [0.2, 0.25) is 10.0 Å². The molecule has 0 radical (unpaired) electrons. The summed E-state index contributed by atoms with van der Waals surface area (Å²) >= 11 is 0. The highest BCUT2D eigenvalue weighted by molar-refractivity contribution is 7.90. The molecule has 0 saturated heterocycles. The molecule has 1 aromatic carbocycles. The van der Waals surface area contributed by atoms with Crippen LogP contribution in [-0.2, 0) is 16.2 Å². The van der Waals surface area contributed by atoms with Crippen molar-refractivity contribution in [1.82, 2.24) is 19.3 Å². The van der Waals surface area contributed by atoms with Crippen LogP contribution in [0.2, 0.25) is 0 Å². The van der Waals surface area contributed by atoms with Crippen LogP contribution in [0.3, 0.4) is 0 Å². The third-order valence-corrected chi connectivity index (χ3v) is 5.70. The molecular formula is C18H17F3N4O4S. The maximum Gasteiger partial charge on any atom is 0.433 e. The summed E-state index contributed by atoms with van der Waals surface area (Å²) in [5.74, 6) is -1.61. The Kier molecular flexibility index (Phi) is 5.46. The van der Waals surface area contributed by atoms with Gasteiger partial charge in [-0.25, -0.2) is 18.1 Å². The van der Waals surface area contributed by atoms with Crippen molar-refractivity contribution in [3.8, 4) is 11.1 Å². The van der Waals surface area contributed by atoms with E-state index in [1.54, 1.807) is 17.7 Å². The maximum atomic E-state index is 13.6. The molecule has 2 heterocycles. The van der Waals surface area contributed by atoms with E-state index in [0.717, 1.165) is 0 Å². The monoisotopic (exact) mass is 442 g/mol. The van der Waals surface area contributed by atoms with Gasteiger partial charge in [0.15, 0.2) is 5.65 Å². The quantitative estimate of drug-likeness (QED) is 0.630. The van der Waals surface area contributed by atoms with Crippen molar-refractivity contribution in [3.05, 3.63) is 57.6 Å². The van der Waals surface area contributed by atoms with Gasteiger partial charge in [-0.2, -0.15) is 17.7 Å². The Balaban J connectivity index is 2.27. The number of aromatic amines is 1. The standard InChI is InChI=1S/C18H17F3N4O4S/c1-3-9-30(28,29)24-16(26)12-10(2)22-15-13(11-7-5-4-6-8-11)14(18(19,20)21)23-25(15)17(12)27/h4-8,23H,3,9H2,1-2H3,(H,24,26). The average molecular weight is 442 g/mol. The third kappa shape index (κ3) is 3.95. The molecule has 0 fully saturated rings. The summed E-state index contributed by atoms with van der Waals surface area (Å²) < 4.78 is 66.9. The number of nitrogens with zero attached hydrogens (tertiary/aromatic N) is 2. The fraction of sp³-hybridized carbons (Fsp3) is 0.278. The SMILES string of the molecule is CCCS(=O)(=O)NC(=O)c1c(C)nc2c(-c3ccccc3)c(C(F)(F)F)[nH]n2c1=O. The predicted octanol–water partition coefficient (Wildman–Crippen LogP) is 2.49. The highest BCUT2D eigenvalue weighted by atomic mass is 32.2. The van der Waals surface area contributed by atoms with E-state index in [4.69, 9.17) is 0 Å². The summed E-state index contributed by atoms with van der Waals surface area (Å²) in [4.78, 5) is 29.2. The molecule has 0 bridgehead atoms. The van der Waals surface area contributed by atoms with Crippen molar-refractivity contribution in [2.45, 2.75) is 26.4 Å². The van der Waals surface area contributed by atoms with Gasteiger partial charge >= 0.3 is 6.18 Å². The molecule has 160 valence electrons. The molecule has 2 aromatic heterocycles. The summed E-state index contributed by atoms with van der Waals surface area (Å²) in [6.07, 6.45) is -4.62. The van der Waals surface area contributed by atoms with Crippen molar-refractivity contribution in [2.75, 3.05) is 5.75 Å². The molecule has 8 nitrogen and oxygen atoms in total. The highest BCUT2D eigenvalue weighted by Crippen LogP contribution is 2.38. The number of nitrogens with one attached hydrogen (secondary N) is 2. The van der Waals surface area contributed by atoms with E-state index in [1.807, 2.05) is 5.10 Å². The molecule has 30 heavy (non-hydrogen) atoms. The maximum absolute atomic E-state index is 13.6. The molecule has 0 aliphatic heterocycles. The van der Waals surface area contributed by atoms with E-state index in [-0.39, 0.29) is 34.6 Å². The number of halogens is 3. The molecule has 3 rings (SSSR count). The minimum absolute atomic E-state index is 0.164. The lowest BCUT2D eigenvalue weighted by Gasteiger charge is -2.08. The van der Waals surface area contributed by atoms with Crippen LogP contribution in [0.25, 0.3) is 16.8 Å². The van der Waals surface area contributed by atoms with Gasteiger partial charge in [0.05, 0.1) is 17.0 Å². The molecule has 2 N–H and O–H groups in total. The Morgan fingerprint density at radius 1 is 1.23 bits per heavy atom. The van der Waals surface area contributed by atoms with Crippen LogP contribution >= 0.6 is 0 Å². The first kappa shape index (κ1) is 21.6. The van der Waals surface area contributed by atoms with Gasteiger partial charge in [0.25, 0.3) is 11.5 Å². The minimum Gasteiger partial charge on any atom is -0.284 e. The first-order chi connectivity index (χ1) is 14.0. The molecule has 0 saturated carbocycles. The zero-order chi connectivity index (χ0) is 22.3. The smallest absolute Gasteiger partial charge is 0.284 e. The van der Waals surface area contributed by atoms with Crippen LogP contribution in [0, 0.1) is 6.92 Å². The van der Waals surface area contributed by atoms with E-state index in [2.05, 4.69) is 4.98 Å². The average Bonchev–Trinajstić information content (AvgIpc) is 3.01. The predicted molar refractivity (Wildman–Crippen MR) is 103 cm³/mol. The number of H-pyrrole nitrogens is 1. The van der Waals surface area contributed by atoms with Gasteiger partial charge < -0.3 is 0 Å². The first-order valence-corrected chi connectivity index (χ1v) is 10.4. The number of aryl methyl sites for hydroxylation is 1. The number of aromatic nitrogens is 3. The van der Waals surface area contributed by atoms with E-state index in [0.29, 0.717) is 4.52 Å². The Morgan fingerprint density at radius 3 is 2.43 bits per heavy atom. The Bertz CT molecular complexity index is 1280. The van der Waals surface area contributed by atoms with Crippen LogP contribution in [0.5, 0.6) is 0 Å². The normalized spacial score (nSPS) is 12.3. The van der Waals surface area contributed by atoms with Crippen molar-refractivity contribution >= 4 is 21.6 Å². The number of carbonyl (C=O) groups is 1. The summed E-state index contributed by atoms with van der Waals surface area (Å²) in [6.45, 7) is 2.83. The summed E-state index contributed by atoms with van der Waals surface area (Å²) in [6, 6.07) is 7.54. The number of hydrogen-bond donors (Lipinski definition) is 2. The molecular weight excluding hydrogens is 425 g/mol.